The van der Waals surface area contributed by atoms with Crippen LogP contribution < -0.4 is 9.54 Å². The molecule has 4 rings (SSSR count). The van der Waals surface area contributed by atoms with Crippen LogP contribution in [0.5, 0.6) is 5.75 Å². The van der Waals surface area contributed by atoms with Gasteiger partial charge in [-0.2, -0.15) is 9.30 Å². The van der Waals surface area contributed by atoms with E-state index in [-0.39, 0.29) is 35.6 Å². The molecule has 1 saturated heterocycles. The van der Waals surface area contributed by atoms with E-state index in [0.717, 1.165) is 5.52 Å². The van der Waals surface area contributed by atoms with Gasteiger partial charge in [-0.15, -0.1) is 0 Å². The Balaban J connectivity index is 1.50. The van der Waals surface area contributed by atoms with Crippen LogP contribution in [0.3, 0.4) is 0 Å². The molecule has 0 atom stereocenters. The topological polar surface area (TPSA) is 90.2 Å². The Labute approximate surface area is 207 Å². The summed E-state index contributed by atoms with van der Waals surface area (Å²) in [6.45, 7) is 3.89. The first-order chi connectivity index (χ1) is 16.8. The van der Waals surface area contributed by atoms with Crippen molar-refractivity contribution < 1.29 is 27.1 Å². The minimum atomic E-state index is -3.65. The molecule has 8 nitrogen and oxygen atoms in total. The van der Waals surface area contributed by atoms with Crippen LogP contribution in [-0.2, 0) is 26.1 Å². The first-order valence-corrected chi connectivity index (χ1v) is 13.7. The van der Waals surface area contributed by atoms with Crippen molar-refractivity contribution in [3.05, 3.63) is 53.1 Å². The van der Waals surface area contributed by atoms with E-state index in [9.17, 15) is 17.6 Å². The maximum Gasteiger partial charge on any atom is 0.251 e. The number of rotatable bonds is 8. The van der Waals surface area contributed by atoms with Crippen LogP contribution in [0, 0.1) is 11.7 Å². The lowest BCUT2D eigenvalue weighted by molar-refractivity contribution is -0.122. The van der Waals surface area contributed by atoms with Crippen LogP contribution in [0.25, 0.3) is 10.2 Å². The number of carbonyl (C=O) groups excluding carboxylic acids is 1. The lowest BCUT2D eigenvalue weighted by Crippen LogP contribution is -2.40. The second kappa shape index (κ2) is 11.0. The summed E-state index contributed by atoms with van der Waals surface area (Å²) in [5, 5.41) is 0. The highest BCUT2D eigenvalue weighted by Crippen LogP contribution is 2.26. The van der Waals surface area contributed by atoms with Crippen LogP contribution in [0.2, 0.25) is 0 Å². The first-order valence-electron chi connectivity index (χ1n) is 11.4. The molecule has 1 aromatic heterocycles. The normalized spacial score (nSPS) is 16.1. The second-order valence-electron chi connectivity index (χ2n) is 8.15. The molecule has 1 aliphatic rings. The lowest BCUT2D eigenvalue weighted by Gasteiger charge is -2.29. The van der Waals surface area contributed by atoms with E-state index in [0.29, 0.717) is 47.9 Å². The molecule has 11 heteroatoms. The van der Waals surface area contributed by atoms with E-state index in [4.69, 9.17) is 9.47 Å². The van der Waals surface area contributed by atoms with Crippen LogP contribution in [-0.4, -0.2) is 56.6 Å². The maximum atomic E-state index is 13.7. The largest absolute Gasteiger partial charge is 0.497 e. The number of halogens is 1. The number of aromatic nitrogens is 1. The number of thiazole rings is 1. The van der Waals surface area contributed by atoms with Crippen molar-refractivity contribution in [2.24, 2.45) is 10.9 Å². The van der Waals surface area contributed by atoms with Crippen molar-refractivity contribution >= 4 is 37.5 Å². The molecular weight excluding hydrogens is 493 g/mol. The number of methoxy groups -OCH3 is 1. The maximum absolute atomic E-state index is 13.7. The standard InChI is InChI=1S/C24H28FN3O5S2/c1-3-33-15-14-28-21-9-4-18(25)16-22(21)34-24(28)26-23(29)17-10-12-27(13-11-17)35(30,31)20-7-5-19(32-2)6-8-20/h4-9,16-17H,3,10-15H2,1-2H3. The molecule has 35 heavy (non-hydrogen) atoms. The molecular formula is C24H28FN3O5S2. The molecule has 188 valence electrons. The number of hydrogen-bond donors (Lipinski definition) is 0. The molecule has 0 bridgehead atoms. The number of hydrogen-bond acceptors (Lipinski definition) is 6. The van der Waals surface area contributed by atoms with Crippen molar-refractivity contribution in [1.29, 1.82) is 0 Å². The van der Waals surface area contributed by atoms with Crippen LogP contribution >= 0.6 is 11.3 Å². The minimum absolute atomic E-state index is 0.195. The van der Waals surface area contributed by atoms with Gasteiger partial charge in [0.15, 0.2) is 4.80 Å². The van der Waals surface area contributed by atoms with Gasteiger partial charge in [-0.3, -0.25) is 4.79 Å². The summed E-state index contributed by atoms with van der Waals surface area (Å²) in [5.74, 6) is -0.431. The first kappa shape index (κ1) is 25.5. The molecule has 0 N–H and O–H groups in total. The zero-order valence-electron chi connectivity index (χ0n) is 19.6. The lowest BCUT2D eigenvalue weighted by atomic mass is 9.98. The summed E-state index contributed by atoms with van der Waals surface area (Å²) in [6.07, 6.45) is 0.770. The molecule has 1 fully saturated rings. The van der Waals surface area contributed by atoms with E-state index in [1.807, 2.05) is 11.5 Å². The van der Waals surface area contributed by atoms with E-state index >= 15 is 0 Å². The average Bonchev–Trinajstić information content (AvgIpc) is 3.20. The van der Waals surface area contributed by atoms with Gasteiger partial charge in [-0.05, 0) is 62.2 Å². The third-order valence-corrected chi connectivity index (χ3v) is 8.97. The molecule has 2 aromatic carbocycles. The van der Waals surface area contributed by atoms with Gasteiger partial charge in [-0.1, -0.05) is 11.3 Å². The van der Waals surface area contributed by atoms with Gasteiger partial charge in [0.1, 0.15) is 11.6 Å². The van der Waals surface area contributed by atoms with E-state index in [1.54, 1.807) is 18.2 Å². The van der Waals surface area contributed by atoms with Gasteiger partial charge < -0.3 is 14.0 Å². The van der Waals surface area contributed by atoms with Crippen molar-refractivity contribution in [3.8, 4) is 5.75 Å². The molecule has 1 aliphatic heterocycles. The Morgan fingerprint density at radius 3 is 2.54 bits per heavy atom. The number of benzene rings is 2. The summed E-state index contributed by atoms with van der Waals surface area (Å²) < 4.78 is 54.3. The molecule has 2 heterocycles. The van der Waals surface area contributed by atoms with E-state index in [2.05, 4.69) is 4.99 Å². The molecule has 0 spiro atoms. The van der Waals surface area contributed by atoms with Gasteiger partial charge >= 0.3 is 0 Å². The predicted molar refractivity (Wildman–Crippen MR) is 131 cm³/mol. The van der Waals surface area contributed by atoms with Crippen molar-refractivity contribution in [2.45, 2.75) is 31.2 Å². The van der Waals surface area contributed by atoms with Crippen molar-refractivity contribution in [3.63, 3.8) is 0 Å². The highest BCUT2D eigenvalue weighted by atomic mass is 32.2. The number of sulfonamides is 1. The van der Waals surface area contributed by atoms with Gasteiger partial charge in [0, 0.05) is 32.2 Å². The Morgan fingerprint density at radius 2 is 1.89 bits per heavy atom. The van der Waals surface area contributed by atoms with Crippen LogP contribution in [0.15, 0.2) is 52.4 Å². The summed E-state index contributed by atoms with van der Waals surface area (Å²) in [6, 6.07) is 10.8. The van der Waals surface area contributed by atoms with Gasteiger partial charge in [0.05, 0.1) is 28.8 Å². The molecule has 0 unspecified atom stereocenters. The molecule has 0 saturated carbocycles. The Kier molecular flexibility index (Phi) is 8.00. The molecule has 1 amide bonds. The van der Waals surface area contributed by atoms with Crippen molar-refractivity contribution in [2.75, 3.05) is 33.4 Å². The predicted octanol–water partition coefficient (Wildman–Crippen LogP) is 3.42. The summed E-state index contributed by atoms with van der Waals surface area (Å²) >= 11 is 1.26. The highest BCUT2D eigenvalue weighted by Gasteiger charge is 2.32. The second-order valence-corrected chi connectivity index (χ2v) is 11.1. The number of fused-ring (bicyclic) bond motifs is 1. The SMILES string of the molecule is CCOCCn1c(=NC(=O)C2CCN(S(=O)(=O)c3ccc(OC)cc3)CC2)sc2cc(F)ccc21. The number of piperidine rings is 1. The summed E-state index contributed by atoms with van der Waals surface area (Å²) in [5.41, 5.74) is 0.794. The van der Waals surface area contributed by atoms with E-state index in [1.165, 1.54) is 47.0 Å². The summed E-state index contributed by atoms with van der Waals surface area (Å²) in [7, 11) is -2.13. The van der Waals surface area contributed by atoms with Crippen LogP contribution in [0.1, 0.15) is 19.8 Å². The average molecular weight is 522 g/mol. The quantitative estimate of drug-likeness (QED) is 0.424. The fraction of sp³-hybridized carbons (Fsp3) is 0.417. The van der Waals surface area contributed by atoms with Crippen molar-refractivity contribution in [1.82, 2.24) is 8.87 Å². The van der Waals surface area contributed by atoms with Gasteiger partial charge in [0.25, 0.3) is 5.91 Å². The Bertz CT molecular complexity index is 1360. The number of carbonyl (C=O) groups is 1. The summed E-state index contributed by atoms with van der Waals surface area (Å²) in [4.78, 5) is 18.1. The van der Waals surface area contributed by atoms with Gasteiger partial charge in [-0.25, -0.2) is 12.8 Å². The third kappa shape index (κ3) is 5.64. The third-order valence-electron chi connectivity index (χ3n) is 6.01. The fourth-order valence-electron chi connectivity index (χ4n) is 4.07. The monoisotopic (exact) mass is 521 g/mol. The Hall–Kier alpha value is -2.60. The zero-order chi connectivity index (χ0) is 25.0. The van der Waals surface area contributed by atoms with E-state index < -0.39 is 10.0 Å². The molecule has 3 aromatic rings. The number of nitrogens with zero attached hydrogens (tertiary/aromatic N) is 3. The fourth-order valence-corrected chi connectivity index (χ4v) is 6.63. The minimum Gasteiger partial charge on any atom is -0.497 e. The molecule has 0 radical (unpaired) electrons. The number of amides is 1. The van der Waals surface area contributed by atoms with Gasteiger partial charge in [0.2, 0.25) is 10.0 Å². The zero-order valence-corrected chi connectivity index (χ0v) is 21.3. The smallest absolute Gasteiger partial charge is 0.251 e. The Morgan fingerprint density at radius 1 is 1.17 bits per heavy atom. The number of ether oxygens (including phenoxy) is 2. The van der Waals surface area contributed by atoms with Crippen LogP contribution in [0.4, 0.5) is 4.39 Å². The highest BCUT2D eigenvalue weighted by molar-refractivity contribution is 7.89. The molecule has 0 aliphatic carbocycles.